The van der Waals surface area contributed by atoms with Crippen molar-refractivity contribution in [3.63, 3.8) is 0 Å². The van der Waals surface area contributed by atoms with Crippen molar-refractivity contribution in [2.24, 2.45) is 5.41 Å². The molecule has 1 aromatic heterocycles. The van der Waals surface area contributed by atoms with Gasteiger partial charge in [0, 0.05) is 0 Å². The van der Waals surface area contributed by atoms with E-state index in [1.807, 2.05) is 18.2 Å². The van der Waals surface area contributed by atoms with Crippen molar-refractivity contribution in [3.8, 4) is 0 Å². The molecule has 1 unspecified atom stereocenters. The van der Waals surface area contributed by atoms with Gasteiger partial charge in [-0.1, -0.05) is 26.8 Å². The first kappa shape index (κ1) is 14.3. The Morgan fingerprint density at radius 2 is 1.94 bits per heavy atom. The van der Waals surface area contributed by atoms with Crippen molar-refractivity contribution in [2.75, 3.05) is 0 Å². The zero-order valence-electron chi connectivity index (χ0n) is 11.2. The van der Waals surface area contributed by atoms with Crippen LogP contribution in [0.25, 0.3) is 0 Å². The van der Waals surface area contributed by atoms with Gasteiger partial charge in [-0.15, -0.1) is 0 Å². The molecule has 0 bridgehead atoms. The van der Waals surface area contributed by atoms with Crippen LogP contribution in [-0.4, -0.2) is 19.1 Å². The van der Waals surface area contributed by atoms with Crippen LogP contribution < -0.4 is 0 Å². The van der Waals surface area contributed by atoms with Gasteiger partial charge in [0.25, 0.3) is 0 Å². The number of aliphatic hydroxyl groups is 1. The highest BCUT2D eigenvalue weighted by Crippen LogP contribution is 2.22. The molecule has 17 heavy (non-hydrogen) atoms. The van der Waals surface area contributed by atoms with Crippen LogP contribution in [0.1, 0.15) is 32.2 Å². The van der Waals surface area contributed by atoms with Crippen molar-refractivity contribution in [2.45, 2.75) is 46.6 Å². The first-order valence-electron chi connectivity index (χ1n) is 6.08. The van der Waals surface area contributed by atoms with Crippen LogP contribution in [0.2, 0.25) is 12.6 Å². The second kappa shape index (κ2) is 6.28. The molecule has 0 spiro atoms. The van der Waals surface area contributed by atoms with Gasteiger partial charge in [-0.25, -0.2) is 0 Å². The molecule has 0 saturated carbocycles. The van der Waals surface area contributed by atoms with Gasteiger partial charge in [0.1, 0.15) is 0 Å². The van der Waals surface area contributed by atoms with E-state index in [4.69, 9.17) is 9.53 Å². The van der Waals surface area contributed by atoms with E-state index in [0.29, 0.717) is 17.7 Å². The number of hydrogen-bond acceptors (Lipinski definition) is 3. The average molecular weight is 253 g/mol. The highest BCUT2D eigenvalue weighted by atomic mass is 28.3. The van der Waals surface area contributed by atoms with Crippen molar-refractivity contribution in [3.05, 3.63) is 29.6 Å². The van der Waals surface area contributed by atoms with Gasteiger partial charge in [0.15, 0.2) is 9.04 Å². The van der Waals surface area contributed by atoms with Crippen LogP contribution in [0.4, 0.5) is 0 Å². The molecule has 1 aromatic rings. The summed E-state index contributed by atoms with van der Waals surface area (Å²) >= 11 is 0. The van der Waals surface area contributed by atoms with E-state index in [9.17, 15) is 0 Å². The van der Waals surface area contributed by atoms with Crippen LogP contribution in [0.5, 0.6) is 0 Å². The lowest BCUT2D eigenvalue weighted by Gasteiger charge is -2.22. The maximum Gasteiger partial charge on any atom is 0.175 e. The van der Waals surface area contributed by atoms with E-state index in [-0.39, 0.29) is 6.61 Å². The molecule has 1 rings (SSSR count). The molecule has 0 amide bonds. The maximum absolute atomic E-state index is 9.00. The fraction of sp³-hybridized carbons (Fsp3) is 0.615. The molecule has 3 nitrogen and oxygen atoms in total. The van der Waals surface area contributed by atoms with Crippen LogP contribution in [0, 0.1) is 5.41 Å². The summed E-state index contributed by atoms with van der Waals surface area (Å²) in [6.07, 6.45) is 0. The van der Waals surface area contributed by atoms with E-state index in [1.165, 1.54) is 0 Å². The van der Waals surface area contributed by atoms with Crippen LogP contribution in [0.3, 0.4) is 0 Å². The summed E-state index contributed by atoms with van der Waals surface area (Å²) in [5.41, 5.74) is 1.95. The largest absolute Gasteiger partial charge is 0.414 e. The molecule has 0 aliphatic heterocycles. The number of nitrogens with zero attached hydrogens (tertiary/aromatic N) is 1. The third-order valence-electron chi connectivity index (χ3n) is 2.44. The van der Waals surface area contributed by atoms with Crippen molar-refractivity contribution in [1.82, 2.24) is 4.98 Å². The second-order valence-corrected chi connectivity index (χ2v) is 8.03. The lowest BCUT2D eigenvalue weighted by atomic mass is 10.0. The maximum atomic E-state index is 9.00. The minimum Gasteiger partial charge on any atom is -0.414 e. The lowest BCUT2D eigenvalue weighted by Crippen LogP contribution is -2.21. The molecular formula is C13H23NO2Si. The number of hydrogen-bond donors (Lipinski definition) is 1. The quantitative estimate of drug-likeness (QED) is 0.820. The smallest absolute Gasteiger partial charge is 0.175 e. The van der Waals surface area contributed by atoms with Crippen LogP contribution in [-0.2, 0) is 17.6 Å². The van der Waals surface area contributed by atoms with Gasteiger partial charge in [-0.2, -0.15) is 0 Å². The Bertz CT molecular complexity index is 350. The van der Waals surface area contributed by atoms with Gasteiger partial charge >= 0.3 is 0 Å². The van der Waals surface area contributed by atoms with E-state index < -0.39 is 9.04 Å². The van der Waals surface area contributed by atoms with Gasteiger partial charge in [-0.3, -0.25) is 4.98 Å². The third-order valence-corrected chi connectivity index (χ3v) is 4.98. The van der Waals surface area contributed by atoms with Crippen LogP contribution in [0.15, 0.2) is 18.2 Å². The summed E-state index contributed by atoms with van der Waals surface area (Å²) in [7, 11) is -1.12. The van der Waals surface area contributed by atoms with E-state index in [2.05, 4.69) is 32.3 Å². The second-order valence-electron chi connectivity index (χ2n) is 5.66. The molecular weight excluding hydrogens is 230 g/mol. The number of pyridine rings is 1. The number of aromatic nitrogens is 1. The molecule has 0 fully saturated rings. The standard InChI is InChI=1S/C13H23NO2Si/c1-13(2,3)10-17(4)16-9-12-7-5-6-11(8-15)14-12/h5-7,15,17H,8-10H2,1-4H3. The van der Waals surface area contributed by atoms with Crippen LogP contribution >= 0.6 is 0 Å². The Morgan fingerprint density at radius 3 is 2.53 bits per heavy atom. The summed E-state index contributed by atoms with van der Waals surface area (Å²) in [6.45, 7) is 9.50. The molecule has 0 saturated heterocycles. The summed E-state index contributed by atoms with van der Waals surface area (Å²) in [5, 5.41) is 9.00. The Balaban J connectivity index is 2.44. The zero-order chi connectivity index (χ0) is 12.9. The molecule has 0 aromatic carbocycles. The minimum atomic E-state index is -1.12. The Hall–Kier alpha value is -0.713. The van der Waals surface area contributed by atoms with Crippen molar-refractivity contribution < 1.29 is 9.53 Å². The molecule has 0 aliphatic rings. The molecule has 96 valence electrons. The van der Waals surface area contributed by atoms with Crippen molar-refractivity contribution in [1.29, 1.82) is 0 Å². The highest BCUT2D eigenvalue weighted by molar-refractivity contribution is 6.50. The average Bonchev–Trinajstić information content (AvgIpc) is 2.24. The fourth-order valence-electron chi connectivity index (χ4n) is 1.85. The molecule has 1 heterocycles. The monoisotopic (exact) mass is 253 g/mol. The zero-order valence-corrected chi connectivity index (χ0v) is 12.4. The van der Waals surface area contributed by atoms with Crippen molar-refractivity contribution >= 4 is 9.04 Å². The topological polar surface area (TPSA) is 42.4 Å². The SMILES string of the molecule is C[SiH](CC(C)(C)C)OCc1cccc(CO)n1. The summed E-state index contributed by atoms with van der Waals surface area (Å²) < 4.78 is 5.90. The van der Waals surface area contributed by atoms with Gasteiger partial charge in [-0.05, 0) is 30.1 Å². The molecule has 1 N–H and O–H groups in total. The highest BCUT2D eigenvalue weighted by Gasteiger charge is 2.17. The summed E-state index contributed by atoms with van der Waals surface area (Å²) in [4.78, 5) is 4.31. The molecule has 0 radical (unpaired) electrons. The summed E-state index contributed by atoms with van der Waals surface area (Å²) in [6, 6.07) is 6.83. The third kappa shape index (κ3) is 5.96. The predicted molar refractivity (Wildman–Crippen MR) is 72.2 cm³/mol. The Labute approximate surface area is 106 Å². The van der Waals surface area contributed by atoms with Gasteiger partial charge in [0.05, 0.1) is 24.6 Å². The number of aliphatic hydroxyl groups excluding tert-OH is 1. The van der Waals surface area contributed by atoms with E-state index in [1.54, 1.807) is 0 Å². The Morgan fingerprint density at radius 1 is 1.29 bits per heavy atom. The normalized spacial score (nSPS) is 13.7. The predicted octanol–water partition coefficient (Wildman–Crippen LogP) is 2.49. The van der Waals surface area contributed by atoms with Gasteiger partial charge < -0.3 is 9.53 Å². The minimum absolute atomic E-state index is 0.0111. The molecule has 1 atom stereocenters. The lowest BCUT2D eigenvalue weighted by molar-refractivity contribution is 0.271. The first-order valence-corrected chi connectivity index (χ1v) is 8.52. The summed E-state index contributed by atoms with van der Waals surface area (Å²) in [5.74, 6) is 0. The van der Waals surface area contributed by atoms with E-state index >= 15 is 0 Å². The molecule has 4 heteroatoms. The van der Waals surface area contributed by atoms with Gasteiger partial charge in [0.2, 0.25) is 0 Å². The van der Waals surface area contributed by atoms with E-state index in [0.717, 1.165) is 11.7 Å². The molecule has 0 aliphatic carbocycles. The first-order chi connectivity index (χ1) is 7.90. The Kier molecular flexibility index (Phi) is 5.30. The number of rotatable bonds is 5. The fourth-order valence-corrected chi connectivity index (χ4v) is 4.14.